The lowest BCUT2D eigenvalue weighted by Crippen LogP contribution is -2.38. The van der Waals surface area contributed by atoms with Crippen LogP contribution in [0.3, 0.4) is 0 Å². The molecule has 1 aliphatic rings. The van der Waals surface area contributed by atoms with E-state index in [4.69, 9.17) is 19.1 Å². The Hall–Kier alpha value is -2.65. The van der Waals surface area contributed by atoms with Gasteiger partial charge < -0.3 is 24.0 Å². The molecule has 0 unspecified atom stereocenters. The zero-order valence-electron chi connectivity index (χ0n) is 13.7. The highest BCUT2D eigenvalue weighted by Crippen LogP contribution is 2.35. The Morgan fingerprint density at radius 3 is 2.69 bits per heavy atom. The maximum absolute atomic E-state index is 12.4. The number of likely N-dealkylation sites (tertiary alicyclic amines) is 1. The summed E-state index contributed by atoms with van der Waals surface area (Å²) in [5.41, 5.74) is 0.264. The molecule has 0 bridgehead atoms. The van der Waals surface area contributed by atoms with Gasteiger partial charge in [-0.2, -0.15) is 13.2 Å². The van der Waals surface area contributed by atoms with Crippen molar-refractivity contribution in [3.05, 3.63) is 18.2 Å². The van der Waals surface area contributed by atoms with Gasteiger partial charge in [-0.05, 0) is 36.0 Å². The average Bonchev–Trinajstić information content (AvgIpc) is 3.01. The van der Waals surface area contributed by atoms with E-state index in [9.17, 15) is 18.0 Å². The number of rotatable bonds is 5. The van der Waals surface area contributed by atoms with Crippen LogP contribution >= 0.6 is 0 Å². The molecule has 1 aromatic heterocycles. The predicted molar refractivity (Wildman–Crippen MR) is 83.4 cm³/mol. The van der Waals surface area contributed by atoms with Crippen molar-refractivity contribution in [2.45, 2.75) is 19.0 Å². The lowest BCUT2D eigenvalue weighted by Gasteiger charge is -2.29. The third-order valence-electron chi connectivity index (χ3n) is 4.16. The summed E-state index contributed by atoms with van der Waals surface area (Å²) in [6.45, 7) is -0.321. The minimum atomic E-state index is -4.46. The molecule has 1 saturated heterocycles. The van der Waals surface area contributed by atoms with E-state index in [0.29, 0.717) is 25.9 Å². The summed E-state index contributed by atoms with van der Waals surface area (Å²) in [7, 11) is 0. The van der Waals surface area contributed by atoms with Gasteiger partial charge in [-0.3, -0.25) is 0 Å². The number of carboxylic acid groups (broad SMARTS) is 1. The van der Waals surface area contributed by atoms with Gasteiger partial charge in [-0.25, -0.2) is 4.79 Å². The normalized spacial score (nSPS) is 16.0. The molecule has 142 valence electrons. The molecule has 0 saturated carbocycles. The average molecular weight is 374 g/mol. The minimum absolute atomic E-state index is 0.0169. The van der Waals surface area contributed by atoms with Gasteiger partial charge in [0.2, 0.25) is 0 Å². The van der Waals surface area contributed by atoms with Gasteiger partial charge in [0.05, 0.1) is 6.61 Å². The molecule has 0 aliphatic carbocycles. The Morgan fingerprint density at radius 1 is 1.31 bits per heavy atom. The first-order valence-electron chi connectivity index (χ1n) is 8.02. The SMILES string of the molecule is O=C(O)N1CCC(COc2noc3cccc(OCC(F)(F)F)c23)CC1. The molecule has 1 aromatic carbocycles. The van der Waals surface area contributed by atoms with E-state index in [0.717, 1.165) is 0 Å². The number of amides is 1. The fourth-order valence-corrected chi connectivity index (χ4v) is 2.80. The van der Waals surface area contributed by atoms with Crippen LogP contribution in [-0.2, 0) is 0 Å². The number of ether oxygens (including phenoxy) is 2. The molecule has 1 N–H and O–H groups in total. The quantitative estimate of drug-likeness (QED) is 0.862. The lowest BCUT2D eigenvalue weighted by atomic mass is 9.98. The maximum atomic E-state index is 12.4. The molecule has 0 radical (unpaired) electrons. The van der Waals surface area contributed by atoms with Crippen molar-refractivity contribution in [2.24, 2.45) is 5.92 Å². The standard InChI is InChI=1S/C16H17F3N2O5/c17-16(18,19)9-25-11-2-1-3-12-13(11)14(20-26-12)24-8-10-4-6-21(7-5-10)15(22)23/h1-3,10H,4-9H2,(H,22,23). The number of hydrogen-bond acceptors (Lipinski definition) is 5. The number of benzene rings is 1. The molecule has 0 atom stereocenters. The highest BCUT2D eigenvalue weighted by molar-refractivity contribution is 5.88. The number of piperidine rings is 1. The summed E-state index contributed by atoms with van der Waals surface area (Å²) in [6.07, 6.45) is -4.13. The summed E-state index contributed by atoms with van der Waals surface area (Å²) < 4.78 is 52.8. The van der Waals surface area contributed by atoms with Gasteiger partial charge in [-0.1, -0.05) is 6.07 Å². The molecule has 10 heteroatoms. The van der Waals surface area contributed by atoms with E-state index < -0.39 is 18.9 Å². The van der Waals surface area contributed by atoms with Crippen molar-refractivity contribution < 1.29 is 37.1 Å². The van der Waals surface area contributed by atoms with E-state index in [1.54, 1.807) is 6.07 Å². The Balaban J connectivity index is 1.66. The van der Waals surface area contributed by atoms with Crippen LogP contribution < -0.4 is 9.47 Å². The van der Waals surface area contributed by atoms with E-state index in [1.807, 2.05) is 0 Å². The lowest BCUT2D eigenvalue weighted by molar-refractivity contribution is -0.153. The second kappa shape index (κ2) is 7.30. The van der Waals surface area contributed by atoms with Gasteiger partial charge in [0.1, 0.15) is 11.1 Å². The van der Waals surface area contributed by atoms with Crippen LogP contribution in [0, 0.1) is 5.92 Å². The van der Waals surface area contributed by atoms with Crippen molar-refractivity contribution in [2.75, 3.05) is 26.3 Å². The Kier molecular flexibility index (Phi) is 5.10. The first-order valence-corrected chi connectivity index (χ1v) is 8.02. The van der Waals surface area contributed by atoms with Gasteiger partial charge >= 0.3 is 12.3 Å². The highest BCUT2D eigenvalue weighted by Gasteiger charge is 2.29. The van der Waals surface area contributed by atoms with Crippen molar-refractivity contribution in [1.82, 2.24) is 10.1 Å². The zero-order chi connectivity index (χ0) is 18.7. The molecule has 0 spiro atoms. The van der Waals surface area contributed by atoms with Gasteiger partial charge in [0, 0.05) is 13.1 Å². The largest absolute Gasteiger partial charge is 0.483 e. The van der Waals surface area contributed by atoms with Gasteiger partial charge in [0.15, 0.2) is 12.2 Å². The summed E-state index contributed by atoms with van der Waals surface area (Å²) in [5, 5.41) is 13.0. The molecule has 7 nitrogen and oxygen atoms in total. The molecule has 2 heterocycles. The second-order valence-corrected chi connectivity index (χ2v) is 6.04. The molecule has 3 rings (SSSR count). The van der Waals surface area contributed by atoms with Crippen molar-refractivity contribution in [1.29, 1.82) is 0 Å². The third kappa shape index (κ3) is 4.30. The number of carbonyl (C=O) groups is 1. The summed E-state index contributed by atoms with van der Waals surface area (Å²) in [6, 6.07) is 4.45. The predicted octanol–water partition coefficient (Wildman–Crippen LogP) is 3.54. The van der Waals surface area contributed by atoms with Crippen LogP contribution in [0.5, 0.6) is 11.6 Å². The van der Waals surface area contributed by atoms with Crippen LogP contribution in [0.15, 0.2) is 22.7 Å². The van der Waals surface area contributed by atoms with Gasteiger partial charge in [0.25, 0.3) is 5.88 Å². The minimum Gasteiger partial charge on any atom is -0.483 e. The molecule has 1 amide bonds. The molecular formula is C16H17F3N2O5. The first kappa shape index (κ1) is 18.2. The second-order valence-electron chi connectivity index (χ2n) is 6.04. The van der Waals surface area contributed by atoms with E-state index in [-0.39, 0.29) is 35.1 Å². The van der Waals surface area contributed by atoms with E-state index >= 15 is 0 Å². The number of alkyl halides is 3. The van der Waals surface area contributed by atoms with Crippen LogP contribution in [0.2, 0.25) is 0 Å². The third-order valence-corrected chi connectivity index (χ3v) is 4.16. The summed E-state index contributed by atoms with van der Waals surface area (Å²) in [5.74, 6) is 0.177. The topological polar surface area (TPSA) is 85.0 Å². The van der Waals surface area contributed by atoms with Crippen LogP contribution in [0.4, 0.5) is 18.0 Å². The fourth-order valence-electron chi connectivity index (χ4n) is 2.80. The molecule has 26 heavy (non-hydrogen) atoms. The smallest absolute Gasteiger partial charge is 0.422 e. The van der Waals surface area contributed by atoms with Crippen molar-refractivity contribution >= 4 is 17.1 Å². The Bertz CT molecular complexity index is 769. The number of nitrogens with zero attached hydrogens (tertiary/aromatic N) is 2. The molecule has 1 aliphatic heterocycles. The summed E-state index contributed by atoms with van der Waals surface area (Å²) >= 11 is 0. The van der Waals surface area contributed by atoms with Crippen LogP contribution in [-0.4, -0.2) is 53.7 Å². The van der Waals surface area contributed by atoms with E-state index in [2.05, 4.69) is 5.16 Å². The maximum Gasteiger partial charge on any atom is 0.422 e. The molecule has 2 aromatic rings. The number of hydrogen-bond donors (Lipinski definition) is 1. The van der Waals surface area contributed by atoms with Crippen LogP contribution in [0.25, 0.3) is 11.0 Å². The number of aromatic nitrogens is 1. The summed E-state index contributed by atoms with van der Waals surface area (Å²) in [4.78, 5) is 12.2. The number of halogens is 3. The first-order chi connectivity index (χ1) is 12.3. The molecular weight excluding hydrogens is 357 g/mol. The monoisotopic (exact) mass is 374 g/mol. The highest BCUT2D eigenvalue weighted by atomic mass is 19.4. The van der Waals surface area contributed by atoms with Gasteiger partial charge in [-0.15, -0.1) is 0 Å². The molecule has 1 fully saturated rings. The Labute approximate surface area is 146 Å². The van der Waals surface area contributed by atoms with Crippen molar-refractivity contribution in [3.8, 4) is 11.6 Å². The zero-order valence-corrected chi connectivity index (χ0v) is 13.7. The van der Waals surface area contributed by atoms with Crippen LogP contribution in [0.1, 0.15) is 12.8 Å². The van der Waals surface area contributed by atoms with E-state index in [1.165, 1.54) is 17.0 Å². The Morgan fingerprint density at radius 2 is 2.04 bits per heavy atom. The number of fused-ring (bicyclic) bond motifs is 1. The van der Waals surface area contributed by atoms with Crippen molar-refractivity contribution in [3.63, 3.8) is 0 Å². The fraction of sp³-hybridized carbons (Fsp3) is 0.500.